The fraction of sp³-hybridized carbons (Fsp3) is 0.273. The van der Waals surface area contributed by atoms with Gasteiger partial charge in [0.05, 0.1) is 31.6 Å². The third-order valence-corrected chi connectivity index (χ3v) is 5.40. The van der Waals surface area contributed by atoms with Crippen molar-refractivity contribution in [1.82, 2.24) is 15.0 Å². The molecule has 1 fully saturated rings. The van der Waals surface area contributed by atoms with Crippen LogP contribution in [0.3, 0.4) is 0 Å². The highest BCUT2D eigenvalue weighted by Gasteiger charge is 2.32. The van der Waals surface area contributed by atoms with E-state index in [9.17, 15) is 9.90 Å². The summed E-state index contributed by atoms with van der Waals surface area (Å²) in [5.41, 5.74) is 4.71. The third-order valence-electron chi connectivity index (χ3n) is 5.40. The average molecular weight is 419 g/mol. The fourth-order valence-electron chi connectivity index (χ4n) is 3.75. The first-order valence-corrected chi connectivity index (χ1v) is 10.1. The fourth-order valence-corrected chi connectivity index (χ4v) is 3.75. The van der Waals surface area contributed by atoms with Crippen LogP contribution >= 0.6 is 0 Å². The van der Waals surface area contributed by atoms with Gasteiger partial charge in [0.25, 0.3) is 0 Å². The summed E-state index contributed by atoms with van der Waals surface area (Å²) in [5, 5.41) is 20.9. The van der Waals surface area contributed by atoms with Gasteiger partial charge in [-0.05, 0) is 28.8 Å². The quantitative estimate of drug-likeness (QED) is 0.659. The van der Waals surface area contributed by atoms with Gasteiger partial charge in [-0.1, -0.05) is 46.8 Å². The molecule has 9 heteroatoms. The molecule has 2 aromatic carbocycles. The predicted octanol–water partition coefficient (Wildman–Crippen LogP) is 2.46. The molecule has 31 heavy (non-hydrogen) atoms. The largest absolute Gasteiger partial charge is 0.442 e. The molecule has 158 valence electrons. The lowest BCUT2D eigenvalue weighted by atomic mass is 10.00. The zero-order chi connectivity index (χ0) is 21.2. The summed E-state index contributed by atoms with van der Waals surface area (Å²) in [5.74, 6) is 0. The maximum absolute atomic E-state index is 12.3. The van der Waals surface area contributed by atoms with Gasteiger partial charge in [0.15, 0.2) is 6.10 Å². The molecule has 2 atom stereocenters. The summed E-state index contributed by atoms with van der Waals surface area (Å²) in [6.07, 6.45) is 3.07. The normalized spacial score (nSPS) is 20.5. The van der Waals surface area contributed by atoms with E-state index in [0.29, 0.717) is 19.5 Å². The standard InChI is InChI=1S/C22H21N5O4/c28-14-19-11-21(24-31-19)17-3-1-15(2-4-17)16-5-7-18(8-6-16)27-13-20(30-22(27)29)12-26-10-9-23-25-26/h1-10,19-20,28H,11-14H2/t19?,20-/m0/s1. The number of hydrogen-bond donors (Lipinski definition) is 1. The number of rotatable bonds is 6. The summed E-state index contributed by atoms with van der Waals surface area (Å²) >= 11 is 0. The Hall–Kier alpha value is -3.72. The van der Waals surface area contributed by atoms with Crippen LogP contribution in [0.25, 0.3) is 11.1 Å². The SMILES string of the molecule is O=C1O[C@@H](Cn2ccnn2)CN1c1ccc(-c2ccc(C3=NOC(CO)C3)cc2)cc1. The Bertz CT molecular complexity index is 1080. The van der Waals surface area contributed by atoms with Crippen molar-refractivity contribution in [3.8, 4) is 11.1 Å². The molecule has 2 aliphatic heterocycles. The number of amides is 1. The Morgan fingerprint density at radius 1 is 1.00 bits per heavy atom. The number of benzene rings is 2. The molecular formula is C22H21N5O4. The van der Waals surface area contributed by atoms with Gasteiger partial charge in [-0.3, -0.25) is 4.90 Å². The number of cyclic esters (lactones) is 1. The third kappa shape index (κ3) is 3.99. The summed E-state index contributed by atoms with van der Waals surface area (Å²) < 4.78 is 7.11. The van der Waals surface area contributed by atoms with E-state index in [0.717, 1.165) is 28.1 Å². The lowest BCUT2D eigenvalue weighted by Crippen LogP contribution is -2.26. The highest BCUT2D eigenvalue weighted by molar-refractivity contribution is 6.01. The number of oxime groups is 1. The maximum Gasteiger partial charge on any atom is 0.414 e. The van der Waals surface area contributed by atoms with Gasteiger partial charge in [-0.2, -0.15) is 0 Å². The summed E-state index contributed by atoms with van der Waals surface area (Å²) in [4.78, 5) is 19.1. The zero-order valence-corrected chi connectivity index (χ0v) is 16.7. The molecule has 0 radical (unpaired) electrons. The van der Waals surface area contributed by atoms with Crippen molar-refractivity contribution in [3.05, 3.63) is 66.5 Å². The number of nitrogens with zero attached hydrogens (tertiary/aromatic N) is 5. The molecule has 0 saturated carbocycles. The van der Waals surface area contributed by atoms with Crippen LogP contribution in [0.1, 0.15) is 12.0 Å². The van der Waals surface area contributed by atoms with Crippen molar-refractivity contribution < 1.29 is 19.5 Å². The van der Waals surface area contributed by atoms with Crippen molar-refractivity contribution >= 4 is 17.5 Å². The average Bonchev–Trinajstić information content (AvgIpc) is 3.56. The van der Waals surface area contributed by atoms with Crippen LogP contribution in [-0.4, -0.2) is 57.3 Å². The van der Waals surface area contributed by atoms with Crippen LogP contribution < -0.4 is 4.90 Å². The van der Waals surface area contributed by atoms with E-state index < -0.39 is 0 Å². The van der Waals surface area contributed by atoms with Gasteiger partial charge in [0.2, 0.25) is 0 Å². The summed E-state index contributed by atoms with van der Waals surface area (Å²) in [7, 11) is 0. The minimum atomic E-state index is -0.358. The Labute approximate surface area is 178 Å². The van der Waals surface area contributed by atoms with E-state index in [1.165, 1.54) is 0 Å². The highest BCUT2D eigenvalue weighted by atomic mass is 16.6. The van der Waals surface area contributed by atoms with E-state index >= 15 is 0 Å². The van der Waals surface area contributed by atoms with Crippen LogP contribution in [0, 0.1) is 0 Å². The van der Waals surface area contributed by atoms with Crippen molar-refractivity contribution in [3.63, 3.8) is 0 Å². The Balaban J connectivity index is 1.25. The van der Waals surface area contributed by atoms with E-state index in [4.69, 9.17) is 9.57 Å². The first-order chi connectivity index (χ1) is 15.2. The van der Waals surface area contributed by atoms with Gasteiger partial charge in [-0.15, -0.1) is 5.10 Å². The zero-order valence-electron chi connectivity index (χ0n) is 16.7. The number of aliphatic hydroxyl groups excluding tert-OH is 1. The van der Waals surface area contributed by atoms with Crippen molar-refractivity contribution in [1.29, 1.82) is 0 Å². The number of hydrogen-bond acceptors (Lipinski definition) is 7. The van der Waals surface area contributed by atoms with Crippen molar-refractivity contribution in [2.75, 3.05) is 18.1 Å². The predicted molar refractivity (Wildman–Crippen MR) is 113 cm³/mol. The van der Waals surface area contributed by atoms with E-state index in [1.807, 2.05) is 48.5 Å². The molecular weight excluding hydrogens is 398 g/mol. The van der Waals surface area contributed by atoms with Gasteiger partial charge in [0, 0.05) is 18.3 Å². The number of aliphatic hydroxyl groups is 1. The van der Waals surface area contributed by atoms with Crippen molar-refractivity contribution in [2.24, 2.45) is 5.16 Å². The molecule has 0 bridgehead atoms. The molecule has 9 nitrogen and oxygen atoms in total. The Morgan fingerprint density at radius 3 is 2.35 bits per heavy atom. The number of anilines is 1. The van der Waals surface area contributed by atoms with Gasteiger partial charge < -0.3 is 14.7 Å². The molecule has 2 aliphatic rings. The first-order valence-electron chi connectivity index (χ1n) is 10.1. The minimum absolute atomic E-state index is 0.0385. The topological polar surface area (TPSA) is 102 Å². The van der Waals surface area contributed by atoms with Crippen LogP contribution in [0.2, 0.25) is 0 Å². The molecule has 0 spiro atoms. The molecule has 5 rings (SSSR count). The molecule has 3 heterocycles. The van der Waals surface area contributed by atoms with E-state index in [-0.39, 0.29) is 24.9 Å². The molecule has 1 saturated heterocycles. The highest BCUT2D eigenvalue weighted by Crippen LogP contribution is 2.27. The number of aromatic nitrogens is 3. The molecule has 1 unspecified atom stereocenters. The maximum atomic E-state index is 12.3. The smallest absolute Gasteiger partial charge is 0.414 e. The lowest BCUT2D eigenvalue weighted by molar-refractivity contribution is 0.0390. The monoisotopic (exact) mass is 419 g/mol. The van der Waals surface area contributed by atoms with E-state index in [1.54, 1.807) is 22.0 Å². The van der Waals surface area contributed by atoms with Gasteiger partial charge in [-0.25, -0.2) is 9.48 Å². The number of carbonyl (C=O) groups excluding carboxylic acids is 1. The second kappa shape index (κ2) is 8.19. The van der Waals surface area contributed by atoms with Crippen molar-refractivity contribution in [2.45, 2.75) is 25.2 Å². The molecule has 1 aromatic heterocycles. The molecule has 1 N–H and O–H groups in total. The molecule has 0 aliphatic carbocycles. The van der Waals surface area contributed by atoms with Crippen LogP contribution in [-0.2, 0) is 16.1 Å². The minimum Gasteiger partial charge on any atom is -0.442 e. The Morgan fingerprint density at radius 2 is 1.71 bits per heavy atom. The summed E-state index contributed by atoms with van der Waals surface area (Å²) in [6.45, 7) is 0.900. The molecule has 3 aromatic rings. The second-order valence-electron chi connectivity index (χ2n) is 7.52. The van der Waals surface area contributed by atoms with E-state index in [2.05, 4.69) is 15.5 Å². The lowest BCUT2D eigenvalue weighted by Gasteiger charge is -2.14. The first kappa shape index (κ1) is 19.3. The number of ether oxygens (including phenoxy) is 1. The van der Waals surface area contributed by atoms with Crippen LogP contribution in [0.5, 0.6) is 0 Å². The van der Waals surface area contributed by atoms with Crippen LogP contribution in [0.15, 0.2) is 66.1 Å². The van der Waals surface area contributed by atoms with Crippen LogP contribution in [0.4, 0.5) is 10.5 Å². The molecule has 1 amide bonds. The summed E-state index contributed by atoms with van der Waals surface area (Å²) in [6, 6.07) is 15.9. The number of carbonyl (C=O) groups is 1. The second-order valence-corrected chi connectivity index (χ2v) is 7.52. The van der Waals surface area contributed by atoms with Gasteiger partial charge in [0.1, 0.15) is 6.10 Å². The van der Waals surface area contributed by atoms with Gasteiger partial charge >= 0.3 is 6.09 Å². The Kier molecular flexibility index (Phi) is 5.09.